The van der Waals surface area contributed by atoms with Crippen LogP contribution in [-0.4, -0.2) is 35.6 Å². The van der Waals surface area contributed by atoms with E-state index in [1.54, 1.807) is 0 Å². The SMILES string of the molecule is FC1(F)CCN(c2nc3ccc(OCC4CCC4)nc3s2)CC1. The van der Waals surface area contributed by atoms with Gasteiger partial charge in [-0.3, -0.25) is 0 Å². The molecular formula is C16H19F2N3OS. The van der Waals surface area contributed by atoms with Gasteiger partial charge in [0.25, 0.3) is 5.92 Å². The molecule has 1 aliphatic carbocycles. The van der Waals surface area contributed by atoms with Crippen LogP contribution in [0.15, 0.2) is 12.1 Å². The van der Waals surface area contributed by atoms with E-state index in [2.05, 4.69) is 9.97 Å². The topological polar surface area (TPSA) is 38.2 Å². The van der Waals surface area contributed by atoms with Crippen LogP contribution < -0.4 is 9.64 Å². The van der Waals surface area contributed by atoms with Crippen LogP contribution in [0.1, 0.15) is 32.1 Å². The molecule has 0 aromatic carbocycles. The third-order valence-electron chi connectivity index (χ3n) is 4.68. The van der Waals surface area contributed by atoms with Gasteiger partial charge in [0.05, 0.1) is 6.61 Å². The minimum atomic E-state index is -2.53. The highest BCUT2D eigenvalue weighted by molar-refractivity contribution is 7.21. The fraction of sp³-hybridized carbons (Fsp3) is 0.625. The zero-order chi connectivity index (χ0) is 15.9. The zero-order valence-electron chi connectivity index (χ0n) is 12.8. The molecule has 0 bridgehead atoms. The third kappa shape index (κ3) is 3.24. The van der Waals surface area contributed by atoms with Gasteiger partial charge in [-0.2, -0.15) is 0 Å². The highest BCUT2D eigenvalue weighted by atomic mass is 32.1. The number of thiazole rings is 1. The Bertz CT molecular complexity index is 692. The summed E-state index contributed by atoms with van der Waals surface area (Å²) in [5, 5.41) is 0.777. The lowest BCUT2D eigenvalue weighted by molar-refractivity contribution is -0.0220. The monoisotopic (exact) mass is 339 g/mol. The first-order valence-electron chi connectivity index (χ1n) is 8.12. The van der Waals surface area contributed by atoms with E-state index in [-0.39, 0.29) is 12.8 Å². The molecule has 0 N–H and O–H groups in total. The smallest absolute Gasteiger partial charge is 0.251 e. The Morgan fingerprint density at radius 1 is 1.22 bits per heavy atom. The minimum absolute atomic E-state index is 0.105. The molecule has 4 nitrogen and oxygen atoms in total. The fourth-order valence-corrected chi connectivity index (χ4v) is 3.87. The van der Waals surface area contributed by atoms with Gasteiger partial charge in [-0.05, 0) is 24.8 Å². The van der Waals surface area contributed by atoms with Crippen LogP contribution >= 0.6 is 11.3 Å². The van der Waals surface area contributed by atoms with Gasteiger partial charge in [0, 0.05) is 32.0 Å². The second-order valence-electron chi connectivity index (χ2n) is 6.42. The Morgan fingerprint density at radius 3 is 2.70 bits per heavy atom. The second kappa shape index (κ2) is 5.85. The lowest BCUT2D eigenvalue weighted by Gasteiger charge is -2.31. The van der Waals surface area contributed by atoms with Crippen molar-refractivity contribution >= 4 is 26.8 Å². The molecule has 2 aliphatic rings. The van der Waals surface area contributed by atoms with Gasteiger partial charge in [0.1, 0.15) is 10.3 Å². The number of hydrogen-bond acceptors (Lipinski definition) is 5. The van der Waals surface area contributed by atoms with Crippen molar-refractivity contribution in [2.24, 2.45) is 5.92 Å². The summed E-state index contributed by atoms with van der Waals surface area (Å²) in [7, 11) is 0. The van der Waals surface area contributed by atoms with Crippen LogP contribution in [0.4, 0.5) is 13.9 Å². The Morgan fingerprint density at radius 2 is 2.00 bits per heavy atom. The number of hydrogen-bond donors (Lipinski definition) is 0. The Kier molecular flexibility index (Phi) is 3.83. The number of ether oxygens (including phenoxy) is 1. The number of piperidine rings is 1. The van der Waals surface area contributed by atoms with Gasteiger partial charge >= 0.3 is 0 Å². The molecule has 4 rings (SSSR count). The predicted molar refractivity (Wildman–Crippen MR) is 86.6 cm³/mol. The van der Waals surface area contributed by atoms with E-state index in [4.69, 9.17) is 4.74 Å². The fourth-order valence-electron chi connectivity index (χ4n) is 2.89. The van der Waals surface area contributed by atoms with Crippen LogP contribution in [0, 0.1) is 5.92 Å². The largest absolute Gasteiger partial charge is 0.477 e. The Labute approximate surface area is 137 Å². The summed E-state index contributed by atoms with van der Waals surface area (Å²) in [4.78, 5) is 11.8. The lowest BCUT2D eigenvalue weighted by Crippen LogP contribution is -2.39. The third-order valence-corrected chi connectivity index (χ3v) is 5.70. The van der Waals surface area contributed by atoms with E-state index in [0.717, 1.165) is 22.1 Å². The molecule has 0 atom stereocenters. The van der Waals surface area contributed by atoms with Gasteiger partial charge in [-0.25, -0.2) is 18.7 Å². The number of alkyl halides is 2. The number of aromatic nitrogens is 2. The number of nitrogens with zero attached hydrogens (tertiary/aromatic N) is 3. The Balaban J connectivity index is 1.47. The molecule has 0 amide bonds. The molecular weight excluding hydrogens is 320 g/mol. The highest BCUT2D eigenvalue weighted by Crippen LogP contribution is 2.34. The summed E-state index contributed by atoms with van der Waals surface area (Å²) in [6, 6.07) is 3.74. The van der Waals surface area contributed by atoms with E-state index in [9.17, 15) is 8.78 Å². The molecule has 1 saturated carbocycles. The number of anilines is 1. The molecule has 23 heavy (non-hydrogen) atoms. The van der Waals surface area contributed by atoms with Crippen molar-refractivity contribution in [1.82, 2.24) is 9.97 Å². The van der Waals surface area contributed by atoms with Crippen LogP contribution in [0.25, 0.3) is 10.3 Å². The van der Waals surface area contributed by atoms with E-state index in [1.165, 1.54) is 30.6 Å². The van der Waals surface area contributed by atoms with Gasteiger partial charge in [0.2, 0.25) is 5.88 Å². The van der Waals surface area contributed by atoms with Gasteiger partial charge in [0.15, 0.2) is 5.13 Å². The normalized spacial score (nSPS) is 21.4. The molecule has 7 heteroatoms. The quantitative estimate of drug-likeness (QED) is 0.840. The maximum absolute atomic E-state index is 13.3. The van der Waals surface area contributed by atoms with Crippen molar-refractivity contribution < 1.29 is 13.5 Å². The summed E-state index contributed by atoms with van der Waals surface area (Å²) in [5.41, 5.74) is 0.804. The minimum Gasteiger partial charge on any atom is -0.477 e. The summed E-state index contributed by atoms with van der Waals surface area (Å²) >= 11 is 1.45. The first-order valence-corrected chi connectivity index (χ1v) is 8.94. The van der Waals surface area contributed by atoms with E-state index >= 15 is 0 Å². The van der Waals surface area contributed by atoms with Crippen molar-refractivity contribution in [1.29, 1.82) is 0 Å². The average Bonchev–Trinajstić information content (AvgIpc) is 2.88. The van der Waals surface area contributed by atoms with Crippen LogP contribution in [-0.2, 0) is 0 Å². The summed E-state index contributed by atoms with van der Waals surface area (Å²) < 4.78 is 32.3. The standard InChI is InChI=1S/C16H19F2N3OS/c17-16(18)6-8-21(9-7-16)15-19-12-4-5-13(20-14(12)23-15)22-10-11-2-1-3-11/h4-5,11H,1-3,6-10H2. The van der Waals surface area contributed by atoms with Crippen LogP contribution in [0.2, 0.25) is 0 Å². The molecule has 1 saturated heterocycles. The van der Waals surface area contributed by atoms with Crippen molar-refractivity contribution in [3.63, 3.8) is 0 Å². The number of fused-ring (bicyclic) bond motifs is 1. The van der Waals surface area contributed by atoms with Crippen LogP contribution in [0.5, 0.6) is 5.88 Å². The number of pyridine rings is 1. The molecule has 0 spiro atoms. The summed E-state index contributed by atoms with van der Waals surface area (Å²) in [6.45, 7) is 1.42. The molecule has 0 unspecified atom stereocenters. The van der Waals surface area contributed by atoms with Crippen molar-refractivity contribution in [2.45, 2.75) is 38.0 Å². The van der Waals surface area contributed by atoms with E-state index in [1.807, 2.05) is 17.0 Å². The first kappa shape index (κ1) is 15.1. The average molecular weight is 339 g/mol. The Hall–Kier alpha value is -1.50. The van der Waals surface area contributed by atoms with Crippen molar-refractivity contribution in [3.8, 4) is 5.88 Å². The molecule has 2 fully saturated rings. The van der Waals surface area contributed by atoms with Gasteiger partial charge in [-0.1, -0.05) is 17.8 Å². The van der Waals surface area contributed by atoms with Crippen molar-refractivity contribution in [2.75, 3.05) is 24.6 Å². The van der Waals surface area contributed by atoms with E-state index in [0.29, 0.717) is 24.9 Å². The predicted octanol–water partition coefficient (Wildman–Crippen LogP) is 4.11. The second-order valence-corrected chi connectivity index (χ2v) is 7.38. The lowest BCUT2D eigenvalue weighted by atomic mass is 9.86. The summed E-state index contributed by atoms with van der Waals surface area (Å²) in [6.07, 6.45) is 3.57. The molecule has 2 aromatic rings. The van der Waals surface area contributed by atoms with Crippen LogP contribution in [0.3, 0.4) is 0 Å². The maximum atomic E-state index is 13.3. The number of rotatable bonds is 4. The van der Waals surface area contributed by atoms with E-state index < -0.39 is 5.92 Å². The molecule has 1 aliphatic heterocycles. The molecule has 0 radical (unpaired) electrons. The molecule has 2 aromatic heterocycles. The first-order chi connectivity index (χ1) is 11.1. The molecule has 3 heterocycles. The maximum Gasteiger partial charge on any atom is 0.251 e. The highest BCUT2D eigenvalue weighted by Gasteiger charge is 2.34. The molecule has 124 valence electrons. The van der Waals surface area contributed by atoms with Gasteiger partial charge < -0.3 is 9.64 Å². The van der Waals surface area contributed by atoms with Gasteiger partial charge in [-0.15, -0.1) is 0 Å². The number of halogens is 2. The summed E-state index contributed by atoms with van der Waals surface area (Å²) in [5.74, 6) is -1.24. The van der Waals surface area contributed by atoms with Crippen molar-refractivity contribution in [3.05, 3.63) is 12.1 Å². The zero-order valence-corrected chi connectivity index (χ0v) is 13.6.